The van der Waals surface area contributed by atoms with Gasteiger partial charge in [-0.05, 0) is 24.3 Å². The number of aromatic nitrogens is 2. The van der Waals surface area contributed by atoms with Gasteiger partial charge >= 0.3 is 5.97 Å². The van der Waals surface area contributed by atoms with Gasteiger partial charge in [-0.1, -0.05) is 18.2 Å². The summed E-state index contributed by atoms with van der Waals surface area (Å²) in [6.45, 7) is 0. The summed E-state index contributed by atoms with van der Waals surface area (Å²) in [5, 5.41) is 11.7. The van der Waals surface area contributed by atoms with Crippen molar-refractivity contribution in [3.63, 3.8) is 0 Å². The van der Waals surface area contributed by atoms with E-state index in [0.29, 0.717) is 0 Å². The van der Waals surface area contributed by atoms with Crippen LogP contribution in [0.2, 0.25) is 0 Å². The fourth-order valence-electron chi connectivity index (χ4n) is 1.80. The Hall–Kier alpha value is -2.53. The van der Waals surface area contributed by atoms with Crippen LogP contribution in [0.5, 0.6) is 0 Å². The van der Waals surface area contributed by atoms with Crippen molar-refractivity contribution in [1.29, 1.82) is 0 Å². The zero-order chi connectivity index (χ0) is 13.9. The summed E-state index contributed by atoms with van der Waals surface area (Å²) >= 11 is 1.52. The van der Waals surface area contributed by atoms with Crippen LogP contribution in [-0.2, 0) is 0 Å². The molecule has 0 bridgehead atoms. The molecule has 3 aromatic rings. The Bertz CT molecular complexity index is 736. The van der Waals surface area contributed by atoms with Gasteiger partial charge in [-0.3, -0.25) is 4.98 Å². The highest BCUT2D eigenvalue weighted by Gasteiger charge is 2.08. The van der Waals surface area contributed by atoms with Crippen LogP contribution in [0.3, 0.4) is 0 Å². The number of nitrogens with zero attached hydrogens (tertiary/aromatic N) is 2. The lowest BCUT2D eigenvalue weighted by atomic mass is 10.1. The van der Waals surface area contributed by atoms with Crippen LogP contribution in [0, 0.1) is 0 Å². The Morgan fingerprint density at radius 1 is 1.05 bits per heavy atom. The third-order valence-corrected chi connectivity index (χ3v) is 3.68. The molecular weight excluding hydrogens is 272 g/mol. The summed E-state index contributed by atoms with van der Waals surface area (Å²) in [5.74, 6) is -0.927. The van der Waals surface area contributed by atoms with Crippen LogP contribution in [-0.4, -0.2) is 21.0 Å². The first kappa shape index (κ1) is 12.5. The van der Waals surface area contributed by atoms with Gasteiger partial charge in [0.15, 0.2) is 0 Å². The molecule has 4 nitrogen and oxygen atoms in total. The van der Waals surface area contributed by atoms with Crippen molar-refractivity contribution in [2.24, 2.45) is 0 Å². The molecule has 0 aliphatic carbocycles. The third kappa shape index (κ3) is 2.44. The van der Waals surface area contributed by atoms with Gasteiger partial charge in [0.1, 0.15) is 5.01 Å². The molecule has 0 aliphatic heterocycles. The number of thiazole rings is 1. The molecule has 1 N–H and O–H groups in total. The number of rotatable bonds is 3. The molecule has 2 heterocycles. The van der Waals surface area contributed by atoms with Crippen LogP contribution in [0.1, 0.15) is 10.4 Å². The Morgan fingerprint density at radius 3 is 2.50 bits per heavy atom. The van der Waals surface area contributed by atoms with E-state index in [1.54, 1.807) is 30.5 Å². The van der Waals surface area contributed by atoms with Crippen LogP contribution in [0.25, 0.3) is 22.0 Å². The molecule has 0 amide bonds. The molecule has 2 aromatic heterocycles. The van der Waals surface area contributed by atoms with Crippen molar-refractivity contribution in [2.75, 3.05) is 0 Å². The fraction of sp³-hybridized carbons (Fsp3) is 0. The van der Waals surface area contributed by atoms with Gasteiger partial charge in [-0.25, -0.2) is 9.78 Å². The number of hydrogen-bond acceptors (Lipinski definition) is 4. The summed E-state index contributed by atoms with van der Waals surface area (Å²) in [6.07, 6.45) is 1.73. The van der Waals surface area contributed by atoms with Crippen LogP contribution in [0.15, 0.2) is 54.0 Å². The fourth-order valence-corrected chi connectivity index (χ4v) is 2.60. The topological polar surface area (TPSA) is 63.1 Å². The molecule has 1 aromatic carbocycles. The van der Waals surface area contributed by atoms with E-state index in [0.717, 1.165) is 22.0 Å². The first-order valence-electron chi connectivity index (χ1n) is 5.95. The predicted octanol–water partition coefficient (Wildman–Crippen LogP) is 3.57. The van der Waals surface area contributed by atoms with Gasteiger partial charge < -0.3 is 5.11 Å². The van der Waals surface area contributed by atoms with Crippen LogP contribution < -0.4 is 0 Å². The lowest BCUT2D eigenvalue weighted by Crippen LogP contribution is -1.94. The Balaban J connectivity index is 1.92. The van der Waals surface area contributed by atoms with Gasteiger partial charge in [-0.2, -0.15) is 0 Å². The molecular formula is C15H10N2O2S. The Labute approximate surface area is 119 Å². The minimum Gasteiger partial charge on any atom is -0.478 e. The molecule has 98 valence electrons. The Kier molecular flexibility index (Phi) is 3.26. The van der Waals surface area contributed by atoms with E-state index in [1.165, 1.54) is 11.3 Å². The van der Waals surface area contributed by atoms with Gasteiger partial charge in [0.05, 0.1) is 17.0 Å². The third-order valence-electron chi connectivity index (χ3n) is 2.82. The zero-order valence-electron chi connectivity index (χ0n) is 10.4. The first-order chi connectivity index (χ1) is 9.74. The molecule has 0 radical (unpaired) electrons. The van der Waals surface area contributed by atoms with Crippen molar-refractivity contribution >= 4 is 17.3 Å². The monoisotopic (exact) mass is 282 g/mol. The molecule has 0 fully saturated rings. The van der Waals surface area contributed by atoms with E-state index >= 15 is 0 Å². The van der Waals surface area contributed by atoms with E-state index < -0.39 is 5.97 Å². The molecule has 5 heteroatoms. The van der Waals surface area contributed by atoms with Crippen molar-refractivity contribution in [2.45, 2.75) is 0 Å². The van der Waals surface area contributed by atoms with Gasteiger partial charge in [0.25, 0.3) is 0 Å². The van der Waals surface area contributed by atoms with Crippen LogP contribution in [0.4, 0.5) is 0 Å². The lowest BCUT2D eigenvalue weighted by Gasteiger charge is -1.98. The van der Waals surface area contributed by atoms with Crippen molar-refractivity contribution in [1.82, 2.24) is 9.97 Å². The quantitative estimate of drug-likeness (QED) is 0.797. The molecule has 0 saturated carbocycles. The smallest absolute Gasteiger partial charge is 0.335 e. The second kappa shape index (κ2) is 5.22. The number of hydrogen-bond donors (Lipinski definition) is 1. The second-order valence-corrected chi connectivity index (χ2v) is 4.99. The van der Waals surface area contributed by atoms with Crippen molar-refractivity contribution in [3.05, 3.63) is 59.6 Å². The van der Waals surface area contributed by atoms with Gasteiger partial charge in [0, 0.05) is 17.1 Å². The average Bonchev–Trinajstić information content (AvgIpc) is 2.98. The number of pyridine rings is 1. The van der Waals surface area contributed by atoms with Gasteiger partial charge in [0.2, 0.25) is 0 Å². The van der Waals surface area contributed by atoms with E-state index in [1.807, 2.05) is 23.6 Å². The largest absolute Gasteiger partial charge is 0.478 e. The first-order valence-corrected chi connectivity index (χ1v) is 6.82. The lowest BCUT2D eigenvalue weighted by molar-refractivity contribution is 0.0697. The maximum absolute atomic E-state index is 10.8. The van der Waals surface area contributed by atoms with Gasteiger partial charge in [-0.15, -0.1) is 11.3 Å². The molecule has 0 unspecified atom stereocenters. The number of carboxylic acid groups (broad SMARTS) is 1. The zero-order valence-corrected chi connectivity index (χ0v) is 11.2. The predicted molar refractivity (Wildman–Crippen MR) is 77.7 cm³/mol. The maximum atomic E-state index is 10.8. The SMILES string of the molecule is O=C(O)c1ccc(-c2csc(-c3ccccn3)n2)cc1. The number of carboxylic acids is 1. The average molecular weight is 282 g/mol. The molecule has 0 atom stereocenters. The standard InChI is InChI=1S/C15H10N2O2S/c18-15(19)11-6-4-10(5-7-11)13-9-20-14(17-13)12-3-1-2-8-16-12/h1-9H,(H,18,19). The molecule has 0 saturated heterocycles. The second-order valence-electron chi connectivity index (χ2n) is 4.14. The highest BCUT2D eigenvalue weighted by Crippen LogP contribution is 2.27. The summed E-state index contributed by atoms with van der Waals surface area (Å²) < 4.78 is 0. The van der Waals surface area contributed by atoms with Crippen LogP contribution >= 0.6 is 11.3 Å². The summed E-state index contributed by atoms with van der Waals surface area (Å²) in [7, 11) is 0. The highest BCUT2D eigenvalue weighted by molar-refractivity contribution is 7.13. The summed E-state index contributed by atoms with van der Waals surface area (Å²) in [6, 6.07) is 12.4. The minimum absolute atomic E-state index is 0.272. The maximum Gasteiger partial charge on any atom is 0.335 e. The van der Waals surface area contributed by atoms with Crippen molar-refractivity contribution < 1.29 is 9.90 Å². The van der Waals surface area contributed by atoms with E-state index in [4.69, 9.17) is 5.11 Å². The Morgan fingerprint density at radius 2 is 1.85 bits per heavy atom. The number of carbonyl (C=O) groups is 1. The molecule has 20 heavy (non-hydrogen) atoms. The normalized spacial score (nSPS) is 10.4. The molecule has 0 spiro atoms. The number of aromatic carboxylic acids is 1. The summed E-state index contributed by atoms with van der Waals surface area (Å²) in [5.41, 5.74) is 2.83. The van der Waals surface area contributed by atoms with E-state index in [2.05, 4.69) is 9.97 Å². The summed E-state index contributed by atoms with van der Waals surface area (Å²) in [4.78, 5) is 19.6. The van der Waals surface area contributed by atoms with E-state index in [9.17, 15) is 4.79 Å². The van der Waals surface area contributed by atoms with Crippen molar-refractivity contribution in [3.8, 4) is 22.0 Å². The number of benzene rings is 1. The molecule has 0 aliphatic rings. The molecule has 3 rings (SSSR count). The highest BCUT2D eigenvalue weighted by atomic mass is 32.1. The van der Waals surface area contributed by atoms with E-state index in [-0.39, 0.29) is 5.56 Å². The minimum atomic E-state index is -0.927.